The summed E-state index contributed by atoms with van der Waals surface area (Å²) >= 11 is 0. The molecule has 0 fully saturated rings. The average Bonchev–Trinajstić information content (AvgIpc) is 2.36. The number of amides is 2. The molecule has 0 unspecified atom stereocenters. The molecule has 0 bridgehead atoms. The highest BCUT2D eigenvalue weighted by atomic mass is 16.5. The van der Waals surface area contributed by atoms with Gasteiger partial charge < -0.3 is 15.8 Å². The van der Waals surface area contributed by atoms with Gasteiger partial charge in [0.05, 0.1) is 6.54 Å². The first-order chi connectivity index (χ1) is 8.60. The van der Waals surface area contributed by atoms with Gasteiger partial charge >= 0.3 is 6.09 Å². The van der Waals surface area contributed by atoms with Gasteiger partial charge in [0.15, 0.2) is 0 Å². The van der Waals surface area contributed by atoms with Gasteiger partial charge in [-0.25, -0.2) is 4.79 Å². The molecule has 1 aliphatic rings. The minimum absolute atomic E-state index is 0.201. The molecule has 5 heteroatoms. The second-order valence-electron chi connectivity index (χ2n) is 3.86. The van der Waals surface area contributed by atoms with Crippen LogP contribution in [0.4, 0.5) is 4.79 Å². The Bertz CT molecular complexity index is 322. The fourth-order valence-corrected chi connectivity index (χ4v) is 1.13. The summed E-state index contributed by atoms with van der Waals surface area (Å²) < 4.78 is 4.85. The molecule has 0 saturated carbocycles. The zero-order chi connectivity index (χ0) is 13.8. The molecule has 3 N–H and O–H groups in total. The Labute approximate surface area is 108 Å². The molecule has 0 aromatic carbocycles. The number of rotatable bonds is 4. The van der Waals surface area contributed by atoms with Crippen LogP contribution in [0.25, 0.3) is 0 Å². The molecular weight excluding hydrogens is 232 g/mol. The summed E-state index contributed by atoms with van der Waals surface area (Å²) in [6, 6.07) is 0. The van der Waals surface area contributed by atoms with Crippen LogP contribution in [0.5, 0.6) is 0 Å². The number of alkyl carbamates (subject to hydrolysis) is 1. The summed E-state index contributed by atoms with van der Waals surface area (Å²) in [5.74, 6) is -0.594. The highest BCUT2D eigenvalue weighted by Crippen LogP contribution is 2.09. The molecule has 0 radical (unpaired) electrons. The highest BCUT2D eigenvalue weighted by Gasteiger charge is 2.04. The van der Waals surface area contributed by atoms with E-state index < -0.39 is 12.0 Å². The Hall–Kier alpha value is -1.78. The predicted octanol–water partition coefficient (Wildman–Crippen LogP) is 1.89. The van der Waals surface area contributed by atoms with Crippen molar-refractivity contribution in [2.24, 2.45) is 5.73 Å². The largest absolute Gasteiger partial charge is 0.445 e. The third-order valence-corrected chi connectivity index (χ3v) is 1.85. The quantitative estimate of drug-likeness (QED) is 0.803. The Morgan fingerprint density at radius 2 is 2.06 bits per heavy atom. The smallest absolute Gasteiger partial charge is 0.407 e. The number of hydrogen-bond donors (Lipinski definition) is 2. The van der Waals surface area contributed by atoms with Crippen molar-refractivity contribution in [1.82, 2.24) is 5.32 Å². The van der Waals surface area contributed by atoms with E-state index in [1.54, 1.807) is 0 Å². The van der Waals surface area contributed by atoms with E-state index in [4.69, 9.17) is 10.5 Å². The summed E-state index contributed by atoms with van der Waals surface area (Å²) in [6.45, 7) is 4.27. The van der Waals surface area contributed by atoms with Crippen LogP contribution < -0.4 is 11.1 Å². The maximum Gasteiger partial charge on any atom is 0.407 e. The van der Waals surface area contributed by atoms with Gasteiger partial charge in [0, 0.05) is 0 Å². The molecule has 0 spiro atoms. The molecule has 2 amide bonds. The molecule has 5 nitrogen and oxygen atoms in total. The SMILES string of the molecule is CCC.NC(=O)CNC(=O)OCC1=CCCC=C1. The zero-order valence-electron chi connectivity index (χ0n) is 11.1. The summed E-state index contributed by atoms with van der Waals surface area (Å²) in [4.78, 5) is 21.3. The second kappa shape index (κ2) is 10.4. The topological polar surface area (TPSA) is 81.4 Å². The lowest BCUT2D eigenvalue weighted by molar-refractivity contribution is -0.117. The number of allylic oxidation sites excluding steroid dienone is 2. The molecule has 0 atom stereocenters. The summed E-state index contributed by atoms with van der Waals surface area (Å²) in [6.07, 6.45) is 8.58. The first-order valence-corrected chi connectivity index (χ1v) is 6.14. The Morgan fingerprint density at radius 3 is 2.56 bits per heavy atom. The molecule has 0 aromatic rings. The molecule has 1 aliphatic carbocycles. The van der Waals surface area contributed by atoms with Gasteiger partial charge in [-0.15, -0.1) is 0 Å². The van der Waals surface area contributed by atoms with Crippen molar-refractivity contribution in [1.29, 1.82) is 0 Å². The minimum atomic E-state index is -0.631. The van der Waals surface area contributed by atoms with Crippen molar-refractivity contribution in [3.05, 3.63) is 23.8 Å². The van der Waals surface area contributed by atoms with Crippen LogP contribution in [-0.2, 0) is 9.53 Å². The van der Waals surface area contributed by atoms with E-state index in [2.05, 4.69) is 19.2 Å². The van der Waals surface area contributed by atoms with Crippen LogP contribution in [0.2, 0.25) is 0 Å². The number of carbonyl (C=O) groups is 2. The van der Waals surface area contributed by atoms with Crippen LogP contribution >= 0.6 is 0 Å². The number of ether oxygens (including phenoxy) is 1. The second-order valence-corrected chi connectivity index (χ2v) is 3.86. The molecule has 0 saturated heterocycles. The Kier molecular flexibility index (Phi) is 9.35. The molecule has 1 rings (SSSR count). The van der Waals surface area contributed by atoms with Crippen molar-refractivity contribution in [2.75, 3.05) is 13.2 Å². The van der Waals surface area contributed by atoms with E-state index in [1.165, 1.54) is 6.42 Å². The van der Waals surface area contributed by atoms with Crippen molar-refractivity contribution >= 4 is 12.0 Å². The van der Waals surface area contributed by atoms with Crippen molar-refractivity contribution in [3.63, 3.8) is 0 Å². The van der Waals surface area contributed by atoms with E-state index in [-0.39, 0.29) is 13.2 Å². The lowest BCUT2D eigenvalue weighted by Gasteiger charge is -2.08. The van der Waals surface area contributed by atoms with E-state index >= 15 is 0 Å². The summed E-state index contributed by atoms with van der Waals surface area (Å²) in [5, 5.41) is 2.23. The maximum absolute atomic E-state index is 11.0. The van der Waals surface area contributed by atoms with Crippen LogP contribution in [0.1, 0.15) is 33.1 Å². The van der Waals surface area contributed by atoms with E-state index in [0.29, 0.717) is 0 Å². The van der Waals surface area contributed by atoms with Gasteiger partial charge in [0.1, 0.15) is 6.61 Å². The summed E-state index contributed by atoms with van der Waals surface area (Å²) in [7, 11) is 0. The maximum atomic E-state index is 11.0. The van der Waals surface area contributed by atoms with Gasteiger partial charge in [0.25, 0.3) is 0 Å². The lowest BCUT2D eigenvalue weighted by Crippen LogP contribution is -2.33. The van der Waals surface area contributed by atoms with Gasteiger partial charge in [-0.1, -0.05) is 38.5 Å². The molecule has 0 heterocycles. The Balaban J connectivity index is 0.000000873. The van der Waals surface area contributed by atoms with Crippen LogP contribution in [0, 0.1) is 0 Å². The number of nitrogens with one attached hydrogen (secondary N) is 1. The monoisotopic (exact) mass is 254 g/mol. The van der Waals surface area contributed by atoms with Gasteiger partial charge in [-0.2, -0.15) is 0 Å². The van der Waals surface area contributed by atoms with E-state index in [0.717, 1.165) is 18.4 Å². The van der Waals surface area contributed by atoms with Crippen LogP contribution in [-0.4, -0.2) is 25.2 Å². The zero-order valence-corrected chi connectivity index (χ0v) is 11.1. The number of carbonyl (C=O) groups excluding carboxylic acids is 2. The minimum Gasteiger partial charge on any atom is -0.445 e. The summed E-state index contributed by atoms with van der Waals surface area (Å²) in [5.41, 5.74) is 5.82. The van der Waals surface area contributed by atoms with Crippen LogP contribution in [0.15, 0.2) is 23.8 Å². The van der Waals surface area contributed by atoms with E-state index in [9.17, 15) is 9.59 Å². The lowest BCUT2D eigenvalue weighted by atomic mass is 10.1. The molecular formula is C13H22N2O3. The van der Waals surface area contributed by atoms with Crippen molar-refractivity contribution in [3.8, 4) is 0 Å². The first kappa shape index (κ1) is 16.2. The molecule has 0 aromatic heterocycles. The number of hydrogen-bond acceptors (Lipinski definition) is 3. The molecule has 102 valence electrons. The van der Waals surface area contributed by atoms with Gasteiger partial charge in [-0.05, 0) is 18.4 Å². The third kappa shape index (κ3) is 9.45. The van der Waals surface area contributed by atoms with Crippen molar-refractivity contribution in [2.45, 2.75) is 33.1 Å². The Morgan fingerprint density at radius 1 is 1.39 bits per heavy atom. The molecule has 0 aliphatic heterocycles. The highest BCUT2D eigenvalue weighted by molar-refractivity contribution is 5.80. The number of primary amides is 1. The third-order valence-electron chi connectivity index (χ3n) is 1.85. The fourth-order valence-electron chi connectivity index (χ4n) is 1.13. The average molecular weight is 254 g/mol. The van der Waals surface area contributed by atoms with Gasteiger partial charge in [-0.3, -0.25) is 4.79 Å². The fraction of sp³-hybridized carbons (Fsp3) is 0.538. The van der Waals surface area contributed by atoms with Crippen molar-refractivity contribution < 1.29 is 14.3 Å². The standard InChI is InChI=1S/C10H14N2O3.C3H8/c11-9(13)6-12-10(14)15-7-8-4-2-1-3-5-8;1-3-2/h2,4-5H,1,3,6-7H2,(H2,11,13)(H,12,14);3H2,1-2H3. The first-order valence-electron chi connectivity index (χ1n) is 6.14. The van der Waals surface area contributed by atoms with E-state index in [1.807, 2.05) is 18.2 Å². The van der Waals surface area contributed by atoms with Crippen LogP contribution in [0.3, 0.4) is 0 Å². The normalized spacial score (nSPS) is 12.9. The molecule has 18 heavy (non-hydrogen) atoms. The predicted molar refractivity (Wildman–Crippen MR) is 71.0 cm³/mol. The van der Waals surface area contributed by atoms with Gasteiger partial charge in [0.2, 0.25) is 5.91 Å². The number of nitrogens with two attached hydrogens (primary N) is 1.